The molecule has 2 heteroatoms. The Morgan fingerprint density at radius 2 is 1.58 bits per heavy atom. The minimum atomic E-state index is 0.912. The molecule has 0 unspecified atom stereocenters. The van der Waals surface area contributed by atoms with E-state index in [1.807, 2.05) is 18.8 Å². The summed E-state index contributed by atoms with van der Waals surface area (Å²) in [6.45, 7) is 7.38. The quantitative estimate of drug-likeness (QED) is 0.879. The van der Waals surface area contributed by atoms with Crippen molar-refractivity contribution in [1.82, 2.24) is 5.32 Å². The first-order valence-corrected chi connectivity index (χ1v) is 7.41. The number of nitrogens with one attached hydrogen (secondary N) is 1. The molecule has 0 heterocycles. The second kappa shape index (κ2) is 6.27. The van der Waals surface area contributed by atoms with E-state index < -0.39 is 0 Å². The van der Waals surface area contributed by atoms with Gasteiger partial charge in [-0.05, 0) is 56.6 Å². The zero-order chi connectivity index (χ0) is 13.8. The SMILES string of the molecule is CNCc1cc(C)ccc1Sc1cc(C)ccc1C. The Hall–Kier alpha value is -1.25. The predicted octanol–water partition coefficient (Wildman–Crippen LogP) is 4.48. The highest BCUT2D eigenvalue weighted by Gasteiger charge is 2.06. The van der Waals surface area contributed by atoms with Gasteiger partial charge in [-0.15, -0.1) is 0 Å². The highest BCUT2D eigenvalue weighted by Crippen LogP contribution is 2.33. The molecule has 1 nitrogen and oxygen atoms in total. The minimum absolute atomic E-state index is 0.912. The van der Waals surface area contributed by atoms with Gasteiger partial charge in [0, 0.05) is 16.3 Å². The van der Waals surface area contributed by atoms with Crippen LogP contribution in [-0.2, 0) is 6.54 Å². The van der Waals surface area contributed by atoms with Gasteiger partial charge >= 0.3 is 0 Å². The second-order valence-corrected chi connectivity index (χ2v) is 6.10. The Labute approximate surface area is 120 Å². The molecule has 0 amide bonds. The number of hydrogen-bond donors (Lipinski definition) is 1. The van der Waals surface area contributed by atoms with Crippen LogP contribution in [0.4, 0.5) is 0 Å². The molecular formula is C17H21NS. The highest BCUT2D eigenvalue weighted by molar-refractivity contribution is 7.99. The summed E-state index contributed by atoms with van der Waals surface area (Å²) in [6.07, 6.45) is 0. The summed E-state index contributed by atoms with van der Waals surface area (Å²) in [5.74, 6) is 0. The van der Waals surface area contributed by atoms with Crippen molar-refractivity contribution in [2.45, 2.75) is 37.1 Å². The normalized spacial score (nSPS) is 10.7. The minimum Gasteiger partial charge on any atom is -0.316 e. The molecule has 100 valence electrons. The van der Waals surface area contributed by atoms with Crippen molar-refractivity contribution in [3.63, 3.8) is 0 Å². The summed E-state index contributed by atoms with van der Waals surface area (Å²) in [7, 11) is 1.99. The zero-order valence-corrected chi connectivity index (χ0v) is 12.9. The topological polar surface area (TPSA) is 12.0 Å². The van der Waals surface area contributed by atoms with Crippen LogP contribution in [0, 0.1) is 20.8 Å². The molecule has 0 bridgehead atoms. The Balaban J connectivity index is 2.34. The molecule has 2 rings (SSSR count). The average molecular weight is 271 g/mol. The van der Waals surface area contributed by atoms with Crippen molar-refractivity contribution in [3.05, 3.63) is 58.7 Å². The zero-order valence-electron chi connectivity index (χ0n) is 12.1. The molecule has 0 spiro atoms. The Bertz CT molecular complexity index is 575. The monoisotopic (exact) mass is 271 g/mol. The van der Waals surface area contributed by atoms with E-state index >= 15 is 0 Å². The van der Waals surface area contributed by atoms with Gasteiger partial charge in [0.05, 0.1) is 0 Å². The third kappa shape index (κ3) is 3.62. The third-order valence-electron chi connectivity index (χ3n) is 3.15. The highest BCUT2D eigenvalue weighted by atomic mass is 32.2. The van der Waals surface area contributed by atoms with Gasteiger partial charge in [0.2, 0.25) is 0 Å². The number of aryl methyl sites for hydroxylation is 3. The molecule has 0 aromatic heterocycles. The fraction of sp³-hybridized carbons (Fsp3) is 0.294. The van der Waals surface area contributed by atoms with Crippen molar-refractivity contribution in [2.75, 3.05) is 7.05 Å². The van der Waals surface area contributed by atoms with Gasteiger partial charge in [0.15, 0.2) is 0 Å². The first kappa shape index (κ1) is 14.2. The average Bonchev–Trinajstić information content (AvgIpc) is 2.37. The second-order valence-electron chi connectivity index (χ2n) is 5.01. The molecule has 0 aliphatic heterocycles. The van der Waals surface area contributed by atoms with Crippen LogP contribution in [0.15, 0.2) is 46.2 Å². The van der Waals surface area contributed by atoms with Crippen molar-refractivity contribution in [3.8, 4) is 0 Å². The van der Waals surface area contributed by atoms with Gasteiger partial charge in [0.25, 0.3) is 0 Å². The van der Waals surface area contributed by atoms with Crippen LogP contribution in [0.5, 0.6) is 0 Å². The fourth-order valence-electron chi connectivity index (χ4n) is 2.07. The Kier molecular flexibility index (Phi) is 4.67. The predicted molar refractivity (Wildman–Crippen MR) is 84.0 cm³/mol. The molecule has 1 N–H and O–H groups in total. The molecule has 0 radical (unpaired) electrons. The van der Waals surface area contributed by atoms with Gasteiger partial charge in [-0.2, -0.15) is 0 Å². The van der Waals surface area contributed by atoms with Gasteiger partial charge in [-0.1, -0.05) is 41.6 Å². The van der Waals surface area contributed by atoms with E-state index in [0.29, 0.717) is 0 Å². The lowest BCUT2D eigenvalue weighted by Gasteiger charge is -2.12. The number of benzene rings is 2. The van der Waals surface area contributed by atoms with Crippen LogP contribution >= 0.6 is 11.8 Å². The lowest BCUT2D eigenvalue weighted by Crippen LogP contribution is -2.06. The van der Waals surface area contributed by atoms with Gasteiger partial charge in [-0.25, -0.2) is 0 Å². The molecule has 0 fully saturated rings. The van der Waals surface area contributed by atoms with Crippen molar-refractivity contribution >= 4 is 11.8 Å². The molecule has 0 aliphatic rings. The molecular weight excluding hydrogens is 250 g/mol. The van der Waals surface area contributed by atoms with Crippen LogP contribution in [0.3, 0.4) is 0 Å². The smallest absolute Gasteiger partial charge is 0.0213 e. The van der Waals surface area contributed by atoms with Crippen LogP contribution in [-0.4, -0.2) is 7.05 Å². The van der Waals surface area contributed by atoms with Gasteiger partial charge in [0.1, 0.15) is 0 Å². The maximum Gasteiger partial charge on any atom is 0.0213 e. The van der Waals surface area contributed by atoms with E-state index in [1.54, 1.807) is 0 Å². The Morgan fingerprint density at radius 1 is 0.895 bits per heavy atom. The summed E-state index contributed by atoms with van der Waals surface area (Å²) < 4.78 is 0. The van der Waals surface area contributed by atoms with E-state index in [1.165, 1.54) is 32.0 Å². The van der Waals surface area contributed by atoms with Gasteiger partial charge in [-0.3, -0.25) is 0 Å². The summed E-state index contributed by atoms with van der Waals surface area (Å²) in [6, 6.07) is 13.3. The van der Waals surface area contributed by atoms with E-state index in [-0.39, 0.29) is 0 Å². The van der Waals surface area contributed by atoms with Gasteiger partial charge < -0.3 is 5.32 Å². The standard InChI is InChI=1S/C17H21NS/c1-12-6-8-16(15(9-12)11-18-4)19-17-10-13(2)5-7-14(17)3/h5-10,18H,11H2,1-4H3. The van der Waals surface area contributed by atoms with Crippen LogP contribution in [0.25, 0.3) is 0 Å². The molecule has 0 saturated heterocycles. The largest absolute Gasteiger partial charge is 0.316 e. The molecule has 0 aliphatic carbocycles. The van der Waals surface area contributed by atoms with E-state index in [0.717, 1.165) is 6.54 Å². The van der Waals surface area contributed by atoms with E-state index in [2.05, 4.69) is 62.5 Å². The van der Waals surface area contributed by atoms with Crippen LogP contribution < -0.4 is 5.32 Å². The first-order chi connectivity index (χ1) is 9.10. The van der Waals surface area contributed by atoms with Crippen LogP contribution in [0.2, 0.25) is 0 Å². The molecule has 2 aromatic rings. The maximum absolute atomic E-state index is 3.25. The molecule has 2 aromatic carbocycles. The summed E-state index contributed by atoms with van der Waals surface area (Å²) >= 11 is 1.86. The summed E-state index contributed by atoms with van der Waals surface area (Å²) in [5.41, 5.74) is 5.34. The summed E-state index contributed by atoms with van der Waals surface area (Å²) in [4.78, 5) is 2.69. The van der Waals surface area contributed by atoms with Crippen molar-refractivity contribution in [1.29, 1.82) is 0 Å². The lowest BCUT2D eigenvalue weighted by atomic mass is 10.1. The van der Waals surface area contributed by atoms with Crippen LogP contribution in [0.1, 0.15) is 22.3 Å². The maximum atomic E-state index is 3.25. The number of rotatable bonds is 4. The van der Waals surface area contributed by atoms with E-state index in [4.69, 9.17) is 0 Å². The van der Waals surface area contributed by atoms with E-state index in [9.17, 15) is 0 Å². The molecule has 0 atom stereocenters. The molecule has 19 heavy (non-hydrogen) atoms. The number of hydrogen-bond acceptors (Lipinski definition) is 2. The third-order valence-corrected chi connectivity index (χ3v) is 4.42. The van der Waals surface area contributed by atoms with Crippen molar-refractivity contribution < 1.29 is 0 Å². The fourth-order valence-corrected chi connectivity index (χ4v) is 3.18. The lowest BCUT2D eigenvalue weighted by molar-refractivity contribution is 0.802. The van der Waals surface area contributed by atoms with Crippen molar-refractivity contribution in [2.24, 2.45) is 0 Å². The summed E-state index contributed by atoms with van der Waals surface area (Å²) in [5, 5.41) is 3.25. The Morgan fingerprint density at radius 3 is 2.32 bits per heavy atom. The first-order valence-electron chi connectivity index (χ1n) is 6.59. The molecule has 0 saturated carbocycles.